The van der Waals surface area contributed by atoms with Crippen molar-refractivity contribution in [3.05, 3.63) is 60.4 Å². The summed E-state index contributed by atoms with van der Waals surface area (Å²) in [5.74, 6) is 1.51. The maximum Gasteiger partial charge on any atom is 0.143 e. The third-order valence-electron chi connectivity index (χ3n) is 3.38. The fourth-order valence-electron chi connectivity index (χ4n) is 2.18. The van der Waals surface area contributed by atoms with Gasteiger partial charge in [-0.05, 0) is 35.9 Å². The fourth-order valence-corrected chi connectivity index (χ4v) is 2.18. The third-order valence-corrected chi connectivity index (χ3v) is 3.38. The molecule has 0 unspecified atom stereocenters. The van der Waals surface area contributed by atoms with Crippen LogP contribution in [0.4, 0.5) is 5.69 Å². The first-order valence-electron chi connectivity index (χ1n) is 6.66. The second-order valence-corrected chi connectivity index (χ2v) is 4.71. The van der Waals surface area contributed by atoms with Crippen LogP contribution in [0, 0.1) is 0 Å². The van der Waals surface area contributed by atoms with Crippen LogP contribution >= 0.6 is 0 Å². The van der Waals surface area contributed by atoms with Crippen LogP contribution in [0.3, 0.4) is 0 Å². The topological polar surface area (TPSA) is 57.4 Å². The van der Waals surface area contributed by atoms with E-state index in [2.05, 4.69) is 4.98 Å². The number of pyridine rings is 1. The van der Waals surface area contributed by atoms with E-state index in [0.717, 1.165) is 22.1 Å². The quantitative estimate of drug-likeness (QED) is 0.744. The van der Waals surface area contributed by atoms with Crippen molar-refractivity contribution in [2.24, 2.45) is 0 Å². The zero-order valence-corrected chi connectivity index (χ0v) is 11.7. The first-order valence-corrected chi connectivity index (χ1v) is 6.66. The number of methoxy groups -OCH3 is 1. The molecule has 0 aliphatic carbocycles. The second-order valence-electron chi connectivity index (χ2n) is 4.71. The minimum absolute atomic E-state index is 0.463. The SMILES string of the molecule is COc1ccc(COc2ccc3cnccc3c2N)cc1. The smallest absolute Gasteiger partial charge is 0.143 e. The molecule has 4 heteroatoms. The molecule has 3 rings (SSSR count). The maximum absolute atomic E-state index is 6.16. The molecule has 0 saturated heterocycles. The molecule has 0 spiro atoms. The monoisotopic (exact) mass is 280 g/mol. The van der Waals surface area contributed by atoms with Gasteiger partial charge < -0.3 is 15.2 Å². The van der Waals surface area contributed by atoms with Crippen LogP contribution in [0.2, 0.25) is 0 Å². The third kappa shape index (κ3) is 2.74. The number of ether oxygens (including phenoxy) is 2. The van der Waals surface area contributed by atoms with Crippen LogP contribution in [0.1, 0.15) is 5.56 Å². The first kappa shape index (κ1) is 13.2. The highest BCUT2D eigenvalue weighted by Gasteiger charge is 2.06. The fraction of sp³-hybridized carbons (Fsp3) is 0.118. The average molecular weight is 280 g/mol. The molecule has 1 aromatic heterocycles. The van der Waals surface area contributed by atoms with E-state index in [1.54, 1.807) is 19.5 Å². The molecular weight excluding hydrogens is 264 g/mol. The standard InChI is InChI=1S/C17H16N2O2/c1-20-14-5-2-12(3-6-14)11-21-16-7-4-13-10-19-9-8-15(13)17(16)18/h2-10H,11,18H2,1H3. The van der Waals surface area contributed by atoms with Crippen molar-refractivity contribution < 1.29 is 9.47 Å². The molecule has 0 fully saturated rings. The Hall–Kier alpha value is -2.75. The van der Waals surface area contributed by atoms with Gasteiger partial charge in [-0.25, -0.2) is 0 Å². The van der Waals surface area contributed by atoms with Crippen molar-refractivity contribution in [1.82, 2.24) is 4.98 Å². The lowest BCUT2D eigenvalue weighted by Crippen LogP contribution is -1.99. The largest absolute Gasteiger partial charge is 0.497 e. The number of hydrogen-bond donors (Lipinski definition) is 1. The van der Waals surface area contributed by atoms with E-state index in [0.29, 0.717) is 18.0 Å². The van der Waals surface area contributed by atoms with E-state index in [1.165, 1.54) is 0 Å². The predicted octanol–water partition coefficient (Wildman–Crippen LogP) is 3.40. The number of anilines is 1. The lowest BCUT2D eigenvalue weighted by Gasteiger charge is -2.11. The summed E-state index contributed by atoms with van der Waals surface area (Å²) in [4.78, 5) is 4.09. The predicted molar refractivity (Wildman–Crippen MR) is 83.5 cm³/mol. The highest BCUT2D eigenvalue weighted by atomic mass is 16.5. The van der Waals surface area contributed by atoms with E-state index in [9.17, 15) is 0 Å². The van der Waals surface area contributed by atoms with Gasteiger partial charge in [0.05, 0.1) is 12.8 Å². The van der Waals surface area contributed by atoms with Gasteiger partial charge >= 0.3 is 0 Å². The molecule has 0 aliphatic rings. The Kier molecular flexibility index (Phi) is 3.60. The van der Waals surface area contributed by atoms with Gasteiger partial charge in [0, 0.05) is 23.2 Å². The van der Waals surface area contributed by atoms with Crippen molar-refractivity contribution in [3.8, 4) is 11.5 Å². The lowest BCUT2D eigenvalue weighted by atomic mass is 10.1. The molecule has 21 heavy (non-hydrogen) atoms. The zero-order valence-electron chi connectivity index (χ0n) is 11.7. The summed E-state index contributed by atoms with van der Waals surface area (Å²) in [6.45, 7) is 0.463. The van der Waals surface area contributed by atoms with Gasteiger partial charge in [0.15, 0.2) is 0 Å². The normalized spacial score (nSPS) is 10.5. The van der Waals surface area contributed by atoms with E-state index < -0.39 is 0 Å². The van der Waals surface area contributed by atoms with Crippen molar-refractivity contribution in [2.75, 3.05) is 12.8 Å². The van der Waals surface area contributed by atoms with Crippen LogP contribution in [-0.4, -0.2) is 12.1 Å². The van der Waals surface area contributed by atoms with E-state index >= 15 is 0 Å². The molecule has 1 heterocycles. The molecule has 0 aliphatic heterocycles. The zero-order chi connectivity index (χ0) is 14.7. The maximum atomic E-state index is 6.16. The number of fused-ring (bicyclic) bond motifs is 1. The summed E-state index contributed by atoms with van der Waals surface area (Å²) >= 11 is 0. The van der Waals surface area contributed by atoms with Crippen LogP contribution in [-0.2, 0) is 6.61 Å². The summed E-state index contributed by atoms with van der Waals surface area (Å²) < 4.78 is 11.0. The first-order chi connectivity index (χ1) is 10.3. The summed E-state index contributed by atoms with van der Waals surface area (Å²) in [5.41, 5.74) is 7.86. The Bertz CT molecular complexity index is 754. The molecule has 0 amide bonds. The Morgan fingerprint density at radius 3 is 2.62 bits per heavy atom. The molecule has 4 nitrogen and oxygen atoms in total. The van der Waals surface area contributed by atoms with Crippen LogP contribution in [0.5, 0.6) is 11.5 Å². The molecule has 106 valence electrons. The van der Waals surface area contributed by atoms with Gasteiger partial charge in [0.25, 0.3) is 0 Å². The average Bonchev–Trinajstić information content (AvgIpc) is 2.55. The van der Waals surface area contributed by atoms with Crippen LogP contribution in [0.25, 0.3) is 10.8 Å². The van der Waals surface area contributed by atoms with Gasteiger partial charge in [-0.15, -0.1) is 0 Å². The summed E-state index contributed by atoms with van der Waals surface area (Å²) in [5, 5.41) is 1.96. The highest BCUT2D eigenvalue weighted by Crippen LogP contribution is 2.30. The molecule has 2 aromatic carbocycles. The van der Waals surface area contributed by atoms with Gasteiger partial charge in [-0.2, -0.15) is 0 Å². The van der Waals surface area contributed by atoms with Gasteiger partial charge in [-0.3, -0.25) is 4.98 Å². The van der Waals surface area contributed by atoms with E-state index in [-0.39, 0.29) is 0 Å². The summed E-state index contributed by atoms with van der Waals surface area (Å²) in [7, 11) is 1.65. The number of benzene rings is 2. The van der Waals surface area contributed by atoms with Gasteiger partial charge in [0.2, 0.25) is 0 Å². The Morgan fingerprint density at radius 1 is 1.05 bits per heavy atom. The Balaban J connectivity index is 1.79. The van der Waals surface area contributed by atoms with Crippen molar-refractivity contribution in [1.29, 1.82) is 0 Å². The van der Waals surface area contributed by atoms with Gasteiger partial charge in [0.1, 0.15) is 18.1 Å². The van der Waals surface area contributed by atoms with Crippen molar-refractivity contribution in [2.45, 2.75) is 6.61 Å². The van der Waals surface area contributed by atoms with E-state index in [1.807, 2.05) is 42.5 Å². The summed E-state index contributed by atoms with van der Waals surface area (Å²) in [6.07, 6.45) is 3.52. The van der Waals surface area contributed by atoms with E-state index in [4.69, 9.17) is 15.2 Å². The number of nitrogens with zero attached hydrogens (tertiary/aromatic N) is 1. The van der Waals surface area contributed by atoms with Crippen molar-refractivity contribution >= 4 is 16.5 Å². The Morgan fingerprint density at radius 2 is 1.86 bits per heavy atom. The number of rotatable bonds is 4. The molecule has 0 atom stereocenters. The van der Waals surface area contributed by atoms with Crippen LogP contribution in [0.15, 0.2) is 54.9 Å². The van der Waals surface area contributed by atoms with Crippen LogP contribution < -0.4 is 15.2 Å². The molecular formula is C17H16N2O2. The number of nitrogen functional groups attached to an aromatic ring is 1. The minimum atomic E-state index is 0.463. The molecule has 2 N–H and O–H groups in total. The second kappa shape index (κ2) is 5.71. The molecule has 0 saturated carbocycles. The number of aromatic nitrogens is 1. The number of hydrogen-bond acceptors (Lipinski definition) is 4. The molecule has 0 bridgehead atoms. The summed E-state index contributed by atoms with van der Waals surface area (Å²) in [6, 6.07) is 13.5. The minimum Gasteiger partial charge on any atom is -0.497 e. The Labute approximate surface area is 123 Å². The molecule has 3 aromatic rings. The van der Waals surface area contributed by atoms with Crippen molar-refractivity contribution in [3.63, 3.8) is 0 Å². The lowest BCUT2D eigenvalue weighted by molar-refractivity contribution is 0.308. The number of nitrogens with two attached hydrogens (primary N) is 1. The highest BCUT2D eigenvalue weighted by molar-refractivity contribution is 5.95. The van der Waals surface area contributed by atoms with Gasteiger partial charge in [-0.1, -0.05) is 12.1 Å². The molecule has 0 radical (unpaired) electrons.